The van der Waals surface area contributed by atoms with E-state index in [-0.39, 0.29) is 0 Å². The van der Waals surface area contributed by atoms with Crippen molar-refractivity contribution < 1.29 is 0 Å². The number of benzene rings is 1. The smallest absolute Gasteiger partial charge is 0.0162 e. The Kier molecular flexibility index (Phi) is 8.36. The van der Waals surface area contributed by atoms with Gasteiger partial charge in [-0.25, -0.2) is 0 Å². The molecule has 0 aromatic heterocycles. The van der Waals surface area contributed by atoms with Gasteiger partial charge in [-0.2, -0.15) is 0 Å². The topological polar surface area (TPSA) is 0 Å². The second kappa shape index (κ2) is 11.2. The van der Waals surface area contributed by atoms with Gasteiger partial charge in [-0.15, -0.1) is 0 Å². The lowest BCUT2D eigenvalue weighted by Crippen LogP contribution is -2.29. The Balaban J connectivity index is 1.19. The van der Waals surface area contributed by atoms with Crippen LogP contribution in [0.15, 0.2) is 24.3 Å². The van der Waals surface area contributed by atoms with E-state index in [0.717, 1.165) is 35.5 Å². The average Bonchev–Trinajstić information content (AvgIpc) is 2.81. The number of hydrogen-bond acceptors (Lipinski definition) is 0. The lowest BCUT2D eigenvalue weighted by molar-refractivity contribution is 0.112. The Morgan fingerprint density at radius 1 is 0.600 bits per heavy atom. The maximum atomic E-state index is 2.46. The summed E-state index contributed by atoms with van der Waals surface area (Å²) < 4.78 is 0. The van der Waals surface area contributed by atoms with Crippen LogP contribution in [0.2, 0.25) is 0 Å². The number of unbranched alkanes of at least 4 members (excludes halogenated alkanes) is 2. The first-order valence-corrected chi connectivity index (χ1v) is 13.8. The molecule has 1 aromatic carbocycles. The van der Waals surface area contributed by atoms with Crippen molar-refractivity contribution in [2.24, 2.45) is 29.6 Å². The van der Waals surface area contributed by atoms with Gasteiger partial charge < -0.3 is 0 Å². The molecule has 3 aliphatic carbocycles. The fourth-order valence-electron chi connectivity index (χ4n) is 7.30. The third kappa shape index (κ3) is 5.92. The van der Waals surface area contributed by atoms with Crippen molar-refractivity contribution in [2.75, 3.05) is 0 Å². The highest BCUT2D eigenvalue weighted by Crippen LogP contribution is 2.47. The SMILES string of the molecule is CCCCCc1ccc(C2CCC(C3CCC(C4CCC(C)CC4)CC3)CC2)cc1. The predicted octanol–water partition coefficient (Wildman–Crippen LogP) is 9.33. The van der Waals surface area contributed by atoms with E-state index in [1.54, 1.807) is 49.7 Å². The van der Waals surface area contributed by atoms with Gasteiger partial charge in [-0.05, 0) is 124 Å². The summed E-state index contributed by atoms with van der Waals surface area (Å²) in [7, 11) is 0. The largest absolute Gasteiger partial charge is 0.0654 e. The standard InChI is InChI=1S/C30H48/c1-3-4-5-6-24-9-13-26(14-10-24)28-17-21-30(22-18-28)29-19-15-27(16-20-29)25-11-7-23(2)8-12-25/h9-10,13-14,23,25,27-30H,3-8,11-12,15-22H2,1-2H3. The summed E-state index contributed by atoms with van der Waals surface area (Å²) in [6, 6.07) is 9.76. The molecule has 3 aliphatic rings. The van der Waals surface area contributed by atoms with Gasteiger partial charge in [0.1, 0.15) is 0 Å². The summed E-state index contributed by atoms with van der Waals surface area (Å²) in [5, 5.41) is 0. The fourth-order valence-corrected chi connectivity index (χ4v) is 7.30. The molecule has 4 rings (SSSR count). The van der Waals surface area contributed by atoms with Crippen LogP contribution < -0.4 is 0 Å². The minimum absolute atomic E-state index is 0.839. The molecule has 0 bridgehead atoms. The van der Waals surface area contributed by atoms with Gasteiger partial charge in [0.05, 0.1) is 0 Å². The van der Waals surface area contributed by atoms with Crippen molar-refractivity contribution in [1.82, 2.24) is 0 Å². The predicted molar refractivity (Wildman–Crippen MR) is 131 cm³/mol. The van der Waals surface area contributed by atoms with Gasteiger partial charge in [0.25, 0.3) is 0 Å². The van der Waals surface area contributed by atoms with E-state index in [1.165, 1.54) is 64.2 Å². The minimum Gasteiger partial charge on any atom is -0.0654 e. The highest BCUT2D eigenvalue weighted by Gasteiger charge is 2.34. The molecule has 0 aliphatic heterocycles. The van der Waals surface area contributed by atoms with Crippen LogP contribution in [0.5, 0.6) is 0 Å². The first-order chi connectivity index (χ1) is 14.7. The van der Waals surface area contributed by atoms with Crippen LogP contribution in [-0.2, 0) is 6.42 Å². The molecular formula is C30H48. The normalized spacial score (nSPS) is 35.3. The van der Waals surface area contributed by atoms with Crippen molar-refractivity contribution in [3.05, 3.63) is 35.4 Å². The molecular weight excluding hydrogens is 360 g/mol. The number of rotatable bonds is 7. The summed E-state index contributed by atoms with van der Waals surface area (Å²) in [5.41, 5.74) is 3.17. The summed E-state index contributed by atoms with van der Waals surface area (Å²) in [5.74, 6) is 6.12. The highest BCUT2D eigenvalue weighted by atomic mass is 14.4. The van der Waals surface area contributed by atoms with Crippen LogP contribution in [0.1, 0.15) is 127 Å². The lowest BCUT2D eigenvalue weighted by atomic mass is 9.65. The van der Waals surface area contributed by atoms with Gasteiger partial charge in [0.2, 0.25) is 0 Å². The molecule has 0 unspecified atom stereocenters. The molecule has 0 N–H and O–H groups in total. The van der Waals surface area contributed by atoms with Crippen molar-refractivity contribution in [1.29, 1.82) is 0 Å². The molecule has 168 valence electrons. The quantitative estimate of drug-likeness (QED) is 0.394. The van der Waals surface area contributed by atoms with Gasteiger partial charge in [0.15, 0.2) is 0 Å². The van der Waals surface area contributed by atoms with E-state index >= 15 is 0 Å². The van der Waals surface area contributed by atoms with E-state index in [2.05, 4.69) is 38.1 Å². The first-order valence-electron chi connectivity index (χ1n) is 13.8. The van der Waals surface area contributed by atoms with Crippen LogP contribution in [0.4, 0.5) is 0 Å². The summed E-state index contributed by atoms with van der Waals surface area (Å²) in [6.07, 6.45) is 23.5. The number of hydrogen-bond donors (Lipinski definition) is 0. The van der Waals surface area contributed by atoms with Gasteiger partial charge in [-0.3, -0.25) is 0 Å². The van der Waals surface area contributed by atoms with Crippen LogP contribution in [0, 0.1) is 29.6 Å². The van der Waals surface area contributed by atoms with Gasteiger partial charge in [-0.1, -0.05) is 63.8 Å². The molecule has 0 heterocycles. The Morgan fingerprint density at radius 3 is 1.57 bits per heavy atom. The highest BCUT2D eigenvalue weighted by molar-refractivity contribution is 5.26. The van der Waals surface area contributed by atoms with E-state index in [4.69, 9.17) is 0 Å². The molecule has 0 nitrogen and oxygen atoms in total. The molecule has 0 radical (unpaired) electrons. The third-order valence-electron chi connectivity index (χ3n) is 9.50. The molecule has 3 saturated carbocycles. The molecule has 0 atom stereocenters. The Hall–Kier alpha value is -0.780. The molecule has 0 amide bonds. The second-order valence-corrected chi connectivity index (χ2v) is 11.5. The zero-order valence-corrected chi connectivity index (χ0v) is 20.1. The Bertz CT molecular complexity index is 589. The second-order valence-electron chi connectivity index (χ2n) is 11.5. The van der Waals surface area contributed by atoms with Crippen LogP contribution in [0.25, 0.3) is 0 Å². The number of aryl methyl sites for hydroxylation is 1. The van der Waals surface area contributed by atoms with E-state index in [0.29, 0.717) is 0 Å². The van der Waals surface area contributed by atoms with Gasteiger partial charge in [0, 0.05) is 0 Å². The Morgan fingerprint density at radius 2 is 1.07 bits per heavy atom. The molecule has 0 saturated heterocycles. The zero-order chi connectivity index (χ0) is 20.8. The molecule has 3 fully saturated rings. The molecule has 0 spiro atoms. The Labute approximate surface area is 187 Å². The molecule has 0 heteroatoms. The van der Waals surface area contributed by atoms with Crippen molar-refractivity contribution >= 4 is 0 Å². The summed E-state index contributed by atoms with van der Waals surface area (Å²) in [6.45, 7) is 4.76. The van der Waals surface area contributed by atoms with Crippen molar-refractivity contribution in [2.45, 2.75) is 122 Å². The van der Waals surface area contributed by atoms with Gasteiger partial charge >= 0.3 is 0 Å². The average molecular weight is 409 g/mol. The van der Waals surface area contributed by atoms with E-state index in [9.17, 15) is 0 Å². The molecule has 1 aromatic rings. The zero-order valence-electron chi connectivity index (χ0n) is 20.1. The minimum atomic E-state index is 0.839. The summed E-state index contributed by atoms with van der Waals surface area (Å²) in [4.78, 5) is 0. The van der Waals surface area contributed by atoms with Crippen molar-refractivity contribution in [3.63, 3.8) is 0 Å². The summed E-state index contributed by atoms with van der Waals surface area (Å²) >= 11 is 0. The first kappa shape index (κ1) is 22.4. The van der Waals surface area contributed by atoms with Crippen LogP contribution >= 0.6 is 0 Å². The van der Waals surface area contributed by atoms with Crippen LogP contribution in [-0.4, -0.2) is 0 Å². The van der Waals surface area contributed by atoms with E-state index < -0.39 is 0 Å². The van der Waals surface area contributed by atoms with E-state index in [1.807, 2.05) is 0 Å². The third-order valence-corrected chi connectivity index (χ3v) is 9.50. The monoisotopic (exact) mass is 408 g/mol. The maximum Gasteiger partial charge on any atom is -0.0162 e. The van der Waals surface area contributed by atoms with Crippen molar-refractivity contribution in [3.8, 4) is 0 Å². The fraction of sp³-hybridized carbons (Fsp3) is 0.800. The lowest BCUT2D eigenvalue weighted by Gasteiger charge is -2.41. The maximum absolute atomic E-state index is 2.46. The van der Waals surface area contributed by atoms with Crippen LogP contribution in [0.3, 0.4) is 0 Å². The molecule has 30 heavy (non-hydrogen) atoms.